The van der Waals surface area contributed by atoms with E-state index < -0.39 is 5.60 Å². The summed E-state index contributed by atoms with van der Waals surface area (Å²) in [5.41, 5.74) is -0.184. The molecule has 1 N–H and O–H groups in total. The Bertz CT molecular complexity index is 503. The topological polar surface area (TPSA) is 69.6 Å². The number of carbonyl (C=O) groups is 1. The number of hydrogen-bond donors (Lipinski definition) is 1. The van der Waals surface area contributed by atoms with Crippen LogP contribution in [0.4, 0.5) is 0 Å². The fraction of sp³-hybridized carbons (Fsp3) is 0.688. The first-order valence-electron chi connectivity index (χ1n) is 7.91. The molecule has 2 heterocycles. The van der Waals surface area contributed by atoms with Crippen LogP contribution in [0.25, 0.3) is 0 Å². The molecule has 6 nitrogen and oxygen atoms in total. The monoisotopic (exact) mass is 306 g/mol. The van der Waals surface area contributed by atoms with Crippen molar-refractivity contribution in [3.63, 3.8) is 0 Å². The SMILES string of the molecule is CCc1ncc(C(=O)N2CCCC(O)(CN(C)C)CC2)cn1. The number of likely N-dealkylation sites (tertiary alicyclic amines) is 1. The third-order valence-electron chi connectivity index (χ3n) is 4.08. The summed E-state index contributed by atoms with van der Waals surface area (Å²) in [4.78, 5) is 24.7. The fourth-order valence-electron chi connectivity index (χ4n) is 2.96. The van der Waals surface area contributed by atoms with Gasteiger partial charge in [-0.05, 0) is 33.4 Å². The second-order valence-electron chi connectivity index (χ2n) is 6.35. The van der Waals surface area contributed by atoms with Gasteiger partial charge < -0.3 is 14.9 Å². The maximum Gasteiger partial charge on any atom is 0.256 e. The van der Waals surface area contributed by atoms with Gasteiger partial charge in [0, 0.05) is 38.4 Å². The Morgan fingerprint density at radius 3 is 2.59 bits per heavy atom. The van der Waals surface area contributed by atoms with E-state index in [4.69, 9.17) is 0 Å². The average molecular weight is 306 g/mol. The molecule has 1 aliphatic rings. The lowest BCUT2D eigenvalue weighted by atomic mass is 9.94. The summed E-state index contributed by atoms with van der Waals surface area (Å²) in [6, 6.07) is 0. The van der Waals surface area contributed by atoms with Crippen LogP contribution < -0.4 is 0 Å². The van der Waals surface area contributed by atoms with Crippen molar-refractivity contribution in [3.05, 3.63) is 23.8 Å². The third-order valence-corrected chi connectivity index (χ3v) is 4.08. The fourth-order valence-corrected chi connectivity index (χ4v) is 2.96. The van der Waals surface area contributed by atoms with Gasteiger partial charge in [-0.2, -0.15) is 0 Å². The maximum absolute atomic E-state index is 12.5. The van der Waals surface area contributed by atoms with Crippen LogP contribution in [0.15, 0.2) is 12.4 Å². The number of aromatic nitrogens is 2. The highest BCUT2D eigenvalue weighted by atomic mass is 16.3. The molecule has 122 valence electrons. The zero-order chi connectivity index (χ0) is 16.2. The number of aryl methyl sites for hydroxylation is 1. The molecule has 1 aromatic rings. The van der Waals surface area contributed by atoms with Gasteiger partial charge in [0.1, 0.15) is 5.82 Å². The number of carbonyl (C=O) groups excluding carboxylic acids is 1. The highest BCUT2D eigenvalue weighted by Crippen LogP contribution is 2.23. The number of rotatable bonds is 4. The van der Waals surface area contributed by atoms with Crippen molar-refractivity contribution in [2.45, 2.75) is 38.2 Å². The van der Waals surface area contributed by atoms with E-state index in [1.54, 1.807) is 17.3 Å². The molecule has 6 heteroatoms. The number of nitrogens with zero attached hydrogens (tertiary/aromatic N) is 4. The Labute approximate surface area is 132 Å². The van der Waals surface area contributed by atoms with E-state index in [9.17, 15) is 9.90 Å². The van der Waals surface area contributed by atoms with Crippen LogP contribution in [0.5, 0.6) is 0 Å². The highest BCUT2D eigenvalue weighted by Gasteiger charge is 2.32. The number of aliphatic hydroxyl groups is 1. The smallest absolute Gasteiger partial charge is 0.256 e. The van der Waals surface area contributed by atoms with Crippen molar-refractivity contribution in [1.29, 1.82) is 0 Å². The second-order valence-corrected chi connectivity index (χ2v) is 6.35. The molecule has 1 unspecified atom stereocenters. The van der Waals surface area contributed by atoms with Crippen molar-refractivity contribution in [3.8, 4) is 0 Å². The lowest BCUT2D eigenvalue weighted by molar-refractivity contribution is 0.00305. The van der Waals surface area contributed by atoms with Crippen molar-refractivity contribution in [2.75, 3.05) is 33.7 Å². The van der Waals surface area contributed by atoms with Gasteiger partial charge in [-0.25, -0.2) is 9.97 Å². The summed E-state index contributed by atoms with van der Waals surface area (Å²) < 4.78 is 0. The molecule has 0 saturated carbocycles. The van der Waals surface area contributed by atoms with Crippen molar-refractivity contribution in [2.24, 2.45) is 0 Å². The molecule has 0 radical (unpaired) electrons. The summed E-state index contributed by atoms with van der Waals surface area (Å²) in [6.07, 6.45) is 6.10. The lowest BCUT2D eigenvalue weighted by Gasteiger charge is -2.29. The van der Waals surface area contributed by atoms with E-state index in [1.165, 1.54) is 0 Å². The molecule has 0 spiro atoms. The molecule has 0 aliphatic carbocycles. The molecule has 1 aliphatic heterocycles. The minimum atomic E-state index is -0.707. The molecule has 1 aromatic heterocycles. The predicted octanol–water partition coefficient (Wildman–Crippen LogP) is 0.958. The zero-order valence-corrected chi connectivity index (χ0v) is 13.7. The van der Waals surface area contributed by atoms with E-state index in [1.807, 2.05) is 25.9 Å². The summed E-state index contributed by atoms with van der Waals surface area (Å²) in [6.45, 7) is 3.85. The van der Waals surface area contributed by atoms with E-state index in [2.05, 4.69) is 9.97 Å². The van der Waals surface area contributed by atoms with Gasteiger partial charge in [-0.1, -0.05) is 6.92 Å². The Hall–Kier alpha value is -1.53. The Morgan fingerprint density at radius 1 is 1.32 bits per heavy atom. The summed E-state index contributed by atoms with van der Waals surface area (Å²) in [7, 11) is 3.91. The van der Waals surface area contributed by atoms with E-state index in [-0.39, 0.29) is 5.91 Å². The van der Waals surface area contributed by atoms with Crippen molar-refractivity contribution >= 4 is 5.91 Å². The van der Waals surface area contributed by atoms with E-state index in [0.29, 0.717) is 31.6 Å². The maximum atomic E-state index is 12.5. The molecule has 1 amide bonds. The number of likely N-dealkylation sites (N-methyl/N-ethyl adjacent to an activating group) is 1. The number of amides is 1. The van der Waals surface area contributed by atoms with Crippen LogP contribution in [0.3, 0.4) is 0 Å². The Morgan fingerprint density at radius 2 is 2.00 bits per heavy atom. The minimum Gasteiger partial charge on any atom is -0.388 e. The van der Waals surface area contributed by atoms with Gasteiger partial charge in [-0.3, -0.25) is 4.79 Å². The molecule has 1 saturated heterocycles. The Balaban J connectivity index is 2.02. The third kappa shape index (κ3) is 4.24. The summed E-state index contributed by atoms with van der Waals surface area (Å²) in [5, 5.41) is 10.7. The van der Waals surface area contributed by atoms with Crippen LogP contribution in [0.2, 0.25) is 0 Å². The van der Waals surface area contributed by atoms with Crippen LogP contribution in [-0.4, -0.2) is 70.1 Å². The molecule has 0 aromatic carbocycles. The van der Waals surface area contributed by atoms with E-state index >= 15 is 0 Å². The molecule has 22 heavy (non-hydrogen) atoms. The molecule has 2 rings (SSSR count). The van der Waals surface area contributed by atoms with Crippen LogP contribution >= 0.6 is 0 Å². The first kappa shape index (κ1) is 16.8. The van der Waals surface area contributed by atoms with Gasteiger partial charge in [0.2, 0.25) is 0 Å². The van der Waals surface area contributed by atoms with Gasteiger partial charge >= 0.3 is 0 Å². The Kier molecular flexibility index (Phi) is 5.47. The quantitative estimate of drug-likeness (QED) is 0.897. The molecule has 1 fully saturated rings. The molecular formula is C16H26N4O2. The highest BCUT2D eigenvalue weighted by molar-refractivity contribution is 5.93. The summed E-state index contributed by atoms with van der Waals surface area (Å²) in [5.74, 6) is 0.699. The standard InChI is InChI=1S/C16H26N4O2/c1-4-14-17-10-13(11-18-14)15(21)20-8-5-6-16(22,7-9-20)12-19(2)3/h10-11,22H,4-9,12H2,1-3H3. The van der Waals surface area contributed by atoms with Crippen molar-refractivity contribution in [1.82, 2.24) is 19.8 Å². The van der Waals surface area contributed by atoms with Crippen LogP contribution in [0.1, 0.15) is 42.4 Å². The van der Waals surface area contributed by atoms with Crippen LogP contribution in [0, 0.1) is 0 Å². The second kappa shape index (κ2) is 7.15. The van der Waals surface area contributed by atoms with Gasteiger partial charge in [0.15, 0.2) is 0 Å². The first-order chi connectivity index (χ1) is 10.4. The predicted molar refractivity (Wildman–Crippen MR) is 84.7 cm³/mol. The van der Waals surface area contributed by atoms with Crippen molar-refractivity contribution < 1.29 is 9.90 Å². The largest absolute Gasteiger partial charge is 0.388 e. The van der Waals surface area contributed by atoms with Gasteiger partial charge in [0.05, 0.1) is 11.2 Å². The zero-order valence-electron chi connectivity index (χ0n) is 13.7. The molecular weight excluding hydrogens is 280 g/mol. The number of hydrogen-bond acceptors (Lipinski definition) is 5. The van der Waals surface area contributed by atoms with Crippen LogP contribution in [-0.2, 0) is 6.42 Å². The van der Waals surface area contributed by atoms with Gasteiger partial charge in [-0.15, -0.1) is 0 Å². The lowest BCUT2D eigenvalue weighted by Crippen LogP contribution is -2.41. The summed E-state index contributed by atoms with van der Waals surface area (Å²) >= 11 is 0. The molecule has 0 bridgehead atoms. The van der Waals surface area contributed by atoms with E-state index in [0.717, 1.165) is 25.1 Å². The van der Waals surface area contributed by atoms with Gasteiger partial charge in [0.25, 0.3) is 5.91 Å². The minimum absolute atomic E-state index is 0.0447. The normalized spacial score (nSPS) is 22.7. The first-order valence-corrected chi connectivity index (χ1v) is 7.91. The molecule has 1 atom stereocenters. The average Bonchev–Trinajstić information content (AvgIpc) is 2.68.